The molecule has 0 aliphatic carbocycles. The van der Waals surface area contributed by atoms with Crippen LogP contribution in [0.3, 0.4) is 0 Å². The van der Waals surface area contributed by atoms with Gasteiger partial charge in [0.25, 0.3) is 0 Å². The number of fused-ring (bicyclic) bond motifs is 1. The molecule has 0 aliphatic rings. The molecule has 1 atom stereocenters. The van der Waals surface area contributed by atoms with Crippen molar-refractivity contribution in [2.24, 2.45) is 0 Å². The quantitative estimate of drug-likeness (QED) is 0.487. The SMILES string of the molecule is O=C(O)CCC(c1ccccc1)c1cn(-c2ccccc2)c2ccccc12. The van der Waals surface area contributed by atoms with Crippen molar-refractivity contribution in [2.45, 2.75) is 18.8 Å². The molecule has 0 saturated carbocycles. The third-order valence-electron chi connectivity index (χ3n) is 5.00. The monoisotopic (exact) mass is 355 g/mol. The van der Waals surface area contributed by atoms with E-state index in [4.69, 9.17) is 0 Å². The van der Waals surface area contributed by atoms with Crippen LogP contribution in [0.15, 0.2) is 91.1 Å². The van der Waals surface area contributed by atoms with Gasteiger partial charge in [-0.15, -0.1) is 0 Å². The minimum absolute atomic E-state index is 0.0390. The molecule has 4 rings (SSSR count). The second kappa shape index (κ2) is 7.50. The minimum atomic E-state index is -0.761. The third kappa shape index (κ3) is 3.49. The number of rotatable bonds is 6. The van der Waals surface area contributed by atoms with Crippen molar-refractivity contribution in [3.63, 3.8) is 0 Å². The standard InChI is InChI=1S/C24H21NO2/c26-24(27)16-15-20(18-9-3-1-4-10-18)22-17-25(19-11-5-2-6-12-19)23-14-8-7-13-21(22)23/h1-14,17,20H,15-16H2,(H,26,27). The summed E-state index contributed by atoms with van der Waals surface area (Å²) in [5.41, 5.74) is 4.55. The third-order valence-corrected chi connectivity index (χ3v) is 5.00. The smallest absolute Gasteiger partial charge is 0.303 e. The summed E-state index contributed by atoms with van der Waals surface area (Å²) in [6, 6.07) is 28.8. The zero-order chi connectivity index (χ0) is 18.6. The predicted molar refractivity (Wildman–Crippen MR) is 108 cm³/mol. The Bertz CT molecular complexity index is 1050. The number of hydrogen-bond donors (Lipinski definition) is 1. The highest BCUT2D eigenvalue weighted by molar-refractivity contribution is 5.86. The number of hydrogen-bond acceptors (Lipinski definition) is 1. The molecule has 3 aromatic carbocycles. The van der Waals surface area contributed by atoms with Gasteiger partial charge in [0, 0.05) is 29.6 Å². The fourth-order valence-electron chi connectivity index (χ4n) is 3.74. The molecule has 3 nitrogen and oxygen atoms in total. The molecule has 0 amide bonds. The first-order valence-electron chi connectivity index (χ1n) is 9.16. The second-order valence-corrected chi connectivity index (χ2v) is 6.70. The topological polar surface area (TPSA) is 42.2 Å². The van der Waals surface area contributed by atoms with Gasteiger partial charge in [-0.05, 0) is 35.7 Å². The summed E-state index contributed by atoms with van der Waals surface area (Å²) in [7, 11) is 0. The lowest BCUT2D eigenvalue weighted by molar-refractivity contribution is -0.137. The predicted octanol–water partition coefficient (Wildman–Crippen LogP) is 5.63. The normalized spacial score (nSPS) is 12.1. The van der Waals surface area contributed by atoms with Crippen LogP contribution in [0.2, 0.25) is 0 Å². The lowest BCUT2D eigenvalue weighted by atomic mass is 9.87. The molecule has 27 heavy (non-hydrogen) atoms. The number of aromatic nitrogens is 1. The highest BCUT2D eigenvalue weighted by Gasteiger charge is 2.21. The molecule has 1 unspecified atom stereocenters. The van der Waals surface area contributed by atoms with Gasteiger partial charge in [0.15, 0.2) is 0 Å². The molecule has 0 saturated heterocycles. The van der Waals surface area contributed by atoms with E-state index in [-0.39, 0.29) is 12.3 Å². The van der Waals surface area contributed by atoms with Gasteiger partial charge >= 0.3 is 5.97 Å². The maximum absolute atomic E-state index is 11.3. The molecular formula is C24H21NO2. The van der Waals surface area contributed by atoms with E-state index in [1.807, 2.05) is 48.5 Å². The van der Waals surface area contributed by atoms with Crippen LogP contribution in [-0.2, 0) is 4.79 Å². The van der Waals surface area contributed by atoms with Crippen molar-refractivity contribution in [1.29, 1.82) is 0 Å². The fourth-order valence-corrected chi connectivity index (χ4v) is 3.74. The van der Waals surface area contributed by atoms with Crippen LogP contribution in [0.1, 0.15) is 29.9 Å². The van der Waals surface area contributed by atoms with E-state index in [0.29, 0.717) is 6.42 Å². The molecule has 0 bridgehead atoms. The maximum atomic E-state index is 11.3. The lowest BCUT2D eigenvalue weighted by Crippen LogP contribution is -2.05. The Labute approximate surface area is 158 Å². The number of carboxylic acid groups (broad SMARTS) is 1. The average molecular weight is 355 g/mol. The summed E-state index contributed by atoms with van der Waals surface area (Å²) in [6.07, 6.45) is 2.88. The molecule has 1 N–H and O–H groups in total. The molecule has 0 spiro atoms. The summed E-state index contributed by atoms with van der Waals surface area (Å²) < 4.78 is 2.20. The summed E-state index contributed by atoms with van der Waals surface area (Å²) in [6.45, 7) is 0. The molecule has 3 heteroatoms. The molecule has 0 radical (unpaired) electrons. The Balaban J connectivity index is 1.88. The van der Waals surface area contributed by atoms with Gasteiger partial charge in [0.2, 0.25) is 0 Å². The van der Waals surface area contributed by atoms with Crippen molar-refractivity contribution in [2.75, 3.05) is 0 Å². The molecule has 4 aromatic rings. The molecule has 1 aromatic heterocycles. The van der Waals surface area contributed by atoms with Crippen molar-refractivity contribution in [1.82, 2.24) is 4.57 Å². The highest BCUT2D eigenvalue weighted by atomic mass is 16.4. The lowest BCUT2D eigenvalue weighted by Gasteiger charge is -2.16. The number of carbonyl (C=O) groups is 1. The van der Waals surface area contributed by atoms with Gasteiger partial charge in [0.05, 0.1) is 5.52 Å². The molecule has 0 aliphatic heterocycles. The van der Waals surface area contributed by atoms with Gasteiger partial charge in [-0.3, -0.25) is 4.79 Å². The van der Waals surface area contributed by atoms with Crippen LogP contribution in [0.4, 0.5) is 0 Å². The first-order chi connectivity index (χ1) is 13.2. The number of nitrogens with zero attached hydrogens (tertiary/aromatic N) is 1. The van der Waals surface area contributed by atoms with E-state index in [2.05, 4.69) is 47.2 Å². The van der Waals surface area contributed by atoms with Crippen LogP contribution >= 0.6 is 0 Å². The van der Waals surface area contributed by atoms with E-state index in [9.17, 15) is 9.90 Å². The van der Waals surface area contributed by atoms with Crippen molar-refractivity contribution in [3.8, 4) is 5.69 Å². The number of para-hydroxylation sites is 2. The van der Waals surface area contributed by atoms with Gasteiger partial charge in [-0.25, -0.2) is 0 Å². The second-order valence-electron chi connectivity index (χ2n) is 6.70. The zero-order valence-corrected chi connectivity index (χ0v) is 15.0. The first kappa shape index (κ1) is 17.1. The van der Waals surface area contributed by atoms with Gasteiger partial charge in [-0.1, -0.05) is 66.7 Å². The van der Waals surface area contributed by atoms with E-state index in [1.54, 1.807) is 0 Å². The highest BCUT2D eigenvalue weighted by Crippen LogP contribution is 2.36. The van der Waals surface area contributed by atoms with Crippen LogP contribution < -0.4 is 0 Å². The summed E-state index contributed by atoms with van der Waals surface area (Å²) in [5, 5.41) is 10.4. The zero-order valence-electron chi connectivity index (χ0n) is 15.0. The van der Waals surface area contributed by atoms with Gasteiger partial charge < -0.3 is 9.67 Å². The Morgan fingerprint density at radius 2 is 1.48 bits per heavy atom. The maximum Gasteiger partial charge on any atom is 0.303 e. The number of benzene rings is 3. The van der Waals surface area contributed by atoms with E-state index < -0.39 is 5.97 Å². The average Bonchev–Trinajstić information content (AvgIpc) is 3.09. The number of aliphatic carboxylic acids is 1. The summed E-state index contributed by atoms with van der Waals surface area (Å²) >= 11 is 0. The van der Waals surface area contributed by atoms with Gasteiger partial charge in [-0.2, -0.15) is 0 Å². The molecule has 134 valence electrons. The van der Waals surface area contributed by atoms with Crippen LogP contribution in [0, 0.1) is 0 Å². The molecular weight excluding hydrogens is 334 g/mol. The van der Waals surface area contributed by atoms with Crippen LogP contribution in [0.5, 0.6) is 0 Å². The fraction of sp³-hybridized carbons (Fsp3) is 0.125. The first-order valence-corrected chi connectivity index (χ1v) is 9.16. The Morgan fingerprint density at radius 3 is 2.19 bits per heavy atom. The van der Waals surface area contributed by atoms with Crippen LogP contribution in [0.25, 0.3) is 16.6 Å². The Hall–Kier alpha value is -3.33. The van der Waals surface area contributed by atoms with Gasteiger partial charge in [0.1, 0.15) is 0 Å². The molecule has 0 fully saturated rings. The van der Waals surface area contributed by atoms with E-state index in [0.717, 1.165) is 16.8 Å². The minimum Gasteiger partial charge on any atom is -0.481 e. The van der Waals surface area contributed by atoms with Crippen molar-refractivity contribution < 1.29 is 9.90 Å². The largest absolute Gasteiger partial charge is 0.481 e. The summed E-state index contributed by atoms with van der Waals surface area (Å²) in [5.74, 6) is -0.722. The van der Waals surface area contributed by atoms with E-state index in [1.165, 1.54) is 10.9 Å². The van der Waals surface area contributed by atoms with Crippen molar-refractivity contribution in [3.05, 3.63) is 102 Å². The van der Waals surface area contributed by atoms with Crippen LogP contribution in [-0.4, -0.2) is 15.6 Å². The summed E-state index contributed by atoms with van der Waals surface area (Å²) in [4.78, 5) is 11.3. The Kier molecular flexibility index (Phi) is 4.75. The number of carboxylic acids is 1. The van der Waals surface area contributed by atoms with E-state index >= 15 is 0 Å². The molecule has 1 heterocycles. The van der Waals surface area contributed by atoms with Crippen molar-refractivity contribution >= 4 is 16.9 Å². The Morgan fingerprint density at radius 1 is 0.852 bits per heavy atom.